The van der Waals surface area contributed by atoms with Crippen molar-refractivity contribution in [1.29, 1.82) is 0 Å². The van der Waals surface area contributed by atoms with Crippen molar-refractivity contribution >= 4 is 22.5 Å². The van der Waals surface area contributed by atoms with Crippen molar-refractivity contribution in [3.63, 3.8) is 0 Å². The molecule has 0 heterocycles. The van der Waals surface area contributed by atoms with Gasteiger partial charge in [-0.15, -0.1) is 12.6 Å². The summed E-state index contributed by atoms with van der Waals surface area (Å²) < 4.78 is 21.9. The second kappa shape index (κ2) is 4.55. The van der Waals surface area contributed by atoms with Gasteiger partial charge in [0, 0.05) is 6.42 Å². The van der Waals surface area contributed by atoms with Gasteiger partial charge >= 0.3 is 0 Å². The molecular weight excluding hydrogens is 232 g/mol. The Morgan fingerprint density at radius 3 is 2.33 bits per heavy atom. The molecule has 1 rings (SSSR count). The lowest BCUT2D eigenvalue weighted by molar-refractivity contribution is 0.206. The molecule has 0 fully saturated rings. The fourth-order valence-corrected chi connectivity index (χ4v) is 3.15. The van der Waals surface area contributed by atoms with Crippen LogP contribution in [0.25, 0.3) is 0 Å². The lowest BCUT2D eigenvalue weighted by Gasteiger charge is -2.21. The summed E-state index contributed by atoms with van der Waals surface area (Å²) in [4.78, 5) is 0.0935. The zero-order valence-corrected chi connectivity index (χ0v) is 10.1. The third-order valence-electron chi connectivity index (χ3n) is 2.06. The molecule has 0 aromatic heterocycles. The Hall–Kier alpha value is -0.520. The Labute approximate surface area is 95.5 Å². The first-order chi connectivity index (χ1) is 6.92. The monoisotopic (exact) mass is 246 g/mol. The Morgan fingerprint density at radius 1 is 1.33 bits per heavy atom. The average Bonchev–Trinajstić information content (AvgIpc) is 2.19. The van der Waals surface area contributed by atoms with E-state index in [0.29, 0.717) is 6.42 Å². The lowest BCUT2D eigenvalue weighted by atomic mass is 10.3. The van der Waals surface area contributed by atoms with E-state index in [0.717, 1.165) is 0 Å². The van der Waals surface area contributed by atoms with Crippen molar-refractivity contribution in [2.45, 2.75) is 28.9 Å². The van der Waals surface area contributed by atoms with Gasteiger partial charge in [-0.1, -0.05) is 31.5 Å². The van der Waals surface area contributed by atoms with E-state index in [9.17, 15) is 13.5 Å². The molecule has 0 bridgehead atoms. The van der Waals surface area contributed by atoms with E-state index in [1.807, 2.05) is 0 Å². The zero-order chi connectivity index (χ0) is 11.5. The zero-order valence-electron chi connectivity index (χ0n) is 8.42. The van der Waals surface area contributed by atoms with Crippen LogP contribution in [0.15, 0.2) is 35.2 Å². The number of aliphatic hydroxyl groups is 1. The predicted octanol–water partition coefficient (Wildman–Crippen LogP) is 1.84. The summed E-state index contributed by atoms with van der Waals surface area (Å²) >= 11 is 3.83. The van der Waals surface area contributed by atoms with Gasteiger partial charge in [0.15, 0.2) is 0 Å². The normalized spacial score (nSPS) is 15.9. The second-order valence-corrected chi connectivity index (χ2v) is 6.51. The molecule has 0 saturated heterocycles. The summed E-state index contributed by atoms with van der Waals surface area (Å²) in [5.74, 6) is 0. The second-order valence-electron chi connectivity index (χ2n) is 3.31. The van der Waals surface area contributed by atoms with Gasteiger partial charge in [-0.3, -0.25) is 0 Å². The van der Waals surface area contributed by atoms with E-state index >= 15 is 0 Å². The van der Waals surface area contributed by atoms with E-state index in [4.69, 9.17) is 0 Å². The highest BCUT2D eigenvalue weighted by atomic mass is 32.2. The molecule has 0 amide bonds. The van der Waals surface area contributed by atoms with Gasteiger partial charge in [-0.25, -0.2) is 8.42 Å². The maximum absolute atomic E-state index is 11.9. The smallest absolute Gasteiger partial charge is 0.217 e. The highest BCUT2D eigenvalue weighted by Crippen LogP contribution is 2.30. The van der Waals surface area contributed by atoms with Crippen LogP contribution in [0.4, 0.5) is 0 Å². The number of benzene rings is 1. The van der Waals surface area contributed by atoms with Crippen LogP contribution in [0, 0.1) is 0 Å². The Balaban J connectivity index is 3.14. The topological polar surface area (TPSA) is 54.4 Å². The molecule has 1 aromatic rings. The maximum atomic E-state index is 11.9. The van der Waals surface area contributed by atoms with Gasteiger partial charge in [0.2, 0.25) is 14.1 Å². The van der Waals surface area contributed by atoms with Gasteiger partial charge in [-0.2, -0.15) is 0 Å². The first kappa shape index (κ1) is 12.5. The van der Waals surface area contributed by atoms with Crippen molar-refractivity contribution in [3.8, 4) is 0 Å². The molecule has 1 unspecified atom stereocenters. The molecule has 15 heavy (non-hydrogen) atoms. The molecule has 0 aliphatic rings. The molecule has 5 heteroatoms. The fourth-order valence-electron chi connectivity index (χ4n) is 1.25. The van der Waals surface area contributed by atoms with Crippen molar-refractivity contribution in [3.05, 3.63) is 30.3 Å². The average molecular weight is 246 g/mol. The molecule has 1 aromatic carbocycles. The summed E-state index contributed by atoms with van der Waals surface area (Å²) in [5.41, 5.74) is 0. The van der Waals surface area contributed by atoms with Gasteiger partial charge in [0.1, 0.15) is 0 Å². The summed E-state index contributed by atoms with van der Waals surface area (Å²) in [6, 6.07) is 7.85. The van der Waals surface area contributed by atoms with Gasteiger partial charge in [0.25, 0.3) is 0 Å². The predicted molar refractivity (Wildman–Crippen MR) is 62.5 cm³/mol. The molecule has 1 N–H and O–H groups in total. The molecule has 1 atom stereocenters. The fraction of sp³-hybridized carbons (Fsp3) is 0.400. The van der Waals surface area contributed by atoms with E-state index in [-0.39, 0.29) is 11.3 Å². The Kier molecular flexibility index (Phi) is 3.81. The Bertz CT molecular complexity index is 410. The minimum Gasteiger partial charge on any atom is -0.366 e. The van der Waals surface area contributed by atoms with E-state index in [1.54, 1.807) is 25.1 Å². The molecule has 3 nitrogen and oxygen atoms in total. The summed E-state index contributed by atoms with van der Waals surface area (Å²) in [7, 11) is -3.78. The van der Waals surface area contributed by atoms with Crippen LogP contribution in [0.2, 0.25) is 0 Å². The van der Waals surface area contributed by atoms with E-state index in [2.05, 4.69) is 12.6 Å². The quantitative estimate of drug-likeness (QED) is 0.629. The van der Waals surface area contributed by atoms with Crippen LogP contribution in [-0.4, -0.2) is 17.8 Å². The van der Waals surface area contributed by atoms with Crippen molar-refractivity contribution < 1.29 is 13.5 Å². The van der Waals surface area contributed by atoms with Crippen LogP contribution >= 0.6 is 12.6 Å². The Morgan fingerprint density at radius 2 is 1.87 bits per heavy atom. The van der Waals surface area contributed by atoms with Crippen molar-refractivity contribution in [1.82, 2.24) is 0 Å². The number of rotatable bonds is 4. The number of hydrogen-bond acceptors (Lipinski definition) is 4. The van der Waals surface area contributed by atoms with Crippen LogP contribution < -0.4 is 0 Å². The molecule has 0 saturated carbocycles. The summed E-state index contributed by atoms with van der Waals surface area (Å²) in [5, 5.41) is 9.77. The SMILES string of the molecule is CCCC(O)(S)S(=O)(=O)c1ccccc1. The summed E-state index contributed by atoms with van der Waals surface area (Å²) in [6.45, 7) is 1.79. The van der Waals surface area contributed by atoms with Crippen LogP contribution in [0.5, 0.6) is 0 Å². The third-order valence-corrected chi connectivity index (χ3v) is 4.96. The van der Waals surface area contributed by atoms with Crippen molar-refractivity contribution in [2.24, 2.45) is 0 Å². The van der Waals surface area contributed by atoms with Gasteiger partial charge in [-0.05, 0) is 12.1 Å². The molecule has 0 radical (unpaired) electrons. The maximum Gasteiger partial charge on any atom is 0.217 e. The largest absolute Gasteiger partial charge is 0.366 e. The molecule has 0 aliphatic carbocycles. The molecular formula is C10H14O3S2. The molecule has 0 spiro atoms. The minimum atomic E-state index is -3.78. The van der Waals surface area contributed by atoms with E-state index < -0.39 is 14.1 Å². The van der Waals surface area contributed by atoms with Crippen LogP contribution in [0.3, 0.4) is 0 Å². The summed E-state index contributed by atoms with van der Waals surface area (Å²) in [6.07, 6.45) is 0.652. The first-order valence-corrected chi connectivity index (χ1v) is 6.59. The highest BCUT2D eigenvalue weighted by molar-refractivity contribution is 8.05. The molecule has 84 valence electrons. The van der Waals surface area contributed by atoms with E-state index in [1.165, 1.54) is 12.1 Å². The standard InChI is InChI=1S/C10H14O3S2/c1-2-8-10(11,14)15(12,13)9-6-4-3-5-7-9/h3-7,11,14H,2,8H2,1H3. The number of hydrogen-bond donors (Lipinski definition) is 2. The van der Waals surface area contributed by atoms with Crippen molar-refractivity contribution in [2.75, 3.05) is 0 Å². The molecule has 0 aliphatic heterocycles. The first-order valence-electron chi connectivity index (χ1n) is 4.66. The van der Waals surface area contributed by atoms with Gasteiger partial charge in [0.05, 0.1) is 4.90 Å². The third kappa shape index (κ3) is 2.53. The minimum absolute atomic E-state index is 0.0935. The van der Waals surface area contributed by atoms with Crippen LogP contribution in [0.1, 0.15) is 19.8 Å². The van der Waals surface area contributed by atoms with Crippen LogP contribution in [-0.2, 0) is 9.84 Å². The highest BCUT2D eigenvalue weighted by Gasteiger charge is 2.38. The number of sulfone groups is 1. The number of thiol groups is 1. The lowest BCUT2D eigenvalue weighted by Crippen LogP contribution is -2.32. The van der Waals surface area contributed by atoms with Gasteiger partial charge < -0.3 is 5.11 Å².